The highest BCUT2D eigenvalue weighted by Gasteiger charge is 2.45. The van der Waals surface area contributed by atoms with Crippen LogP contribution in [0.1, 0.15) is 47.5 Å². The largest absolute Gasteiger partial charge is 0.0597 e. The first-order valence-electron chi connectivity index (χ1n) is 4.36. The lowest BCUT2D eigenvalue weighted by Gasteiger charge is -2.39. The van der Waals surface area contributed by atoms with Gasteiger partial charge in [-0.05, 0) is 29.6 Å². The van der Waals surface area contributed by atoms with Crippen LogP contribution in [-0.2, 0) is 0 Å². The Bertz CT molecular complexity index is 121. The van der Waals surface area contributed by atoms with Gasteiger partial charge in [0.25, 0.3) is 0 Å². The molecule has 0 spiro atoms. The molecule has 0 aromatic heterocycles. The van der Waals surface area contributed by atoms with Crippen LogP contribution in [0.15, 0.2) is 0 Å². The second-order valence-corrected chi connectivity index (χ2v) is 5.25. The first kappa shape index (κ1) is 8.10. The van der Waals surface area contributed by atoms with Crippen molar-refractivity contribution in [2.45, 2.75) is 47.5 Å². The molecule has 0 heterocycles. The molecule has 1 rings (SSSR count). The van der Waals surface area contributed by atoms with Gasteiger partial charge in [-0.15, -0.1) is 0 Å². The third-order valence-electron chi connectivity index (χ3n) is 3.53. The van der Waals surface area contributed by atoms with Crippen LogP contribution < -0.4 is 0 Å². The van der Waals surface area contributed by atoms with Crippen molar-refractivity contribution in [2.75, 3.05) is 0 Å². The molecule has 1 saturated carbocycles. The van der Waals surface area contributed by atoms with Crippen molar-refractivity contribution in [1.82, 2.24) is 0 Å². The van der Waals surface area contributed by atoms with Gasteiger partial charge in [0, 0.05) is 0 Å². The fourth-order valence-electron chi connectivity index (χ4n) is 1.42. The number of rotatable bonds is 1. The highest BCUT2D eigenvalue weighted by Crippen LogP contribution is 2.54. The fourth-order valence-corrected chi connectivity index (χ4v) is 1.42. The Kier molecular flexibility index (Phi) is 1.61. The summed E-state index contributed by atoms with van der Waals surface area (Å²) >= 11 is 0. The Labute approximate surface area is 65.0 Å². The van der Waals surface area contributed by atoms with Crippen LogP contribution in [0.25, 0.3) is 0 Å². The van der Waals surface area contributed by atoms with Crippen molar-refractivity contribution >= 4 is 0 Å². The lowest BCUT2D eigenvalue weighted by atomic mass is 9.66. The molecule has 0 bridgehead atoms. The maximum Gasteiger partial charge on any atom is -0.0277 e. The average molecular weight is 140 g/mol. The van der Waals surface area contributed by atoms with Crippen molar-refractivity contribution in [3.63, 3.8) is 0 Å². The van der Waals surface area contributed by atoms with Crippen molar-refractivity contribution in [1.29, 1.82) is 0 Å². The van der Waals surface area contributed by atoms with Gasteiger partial charge in [-0.2, -0.15) is 0 Å². The first-order chi connectivity index (χ1) is 4.36. The smallest absolute Gasteiger partial charge is 0.0277 e. The van der Waals surface area contributed by atoms with E-state index in [2.05, 4.69) is 34.6 Å². The summed E-state index contributed by atoms with van der Waals surface area (Å²) in [7, 11) is 0. The standard InChI is InChI=1S/C10H20/c1-9(2,3)10(4,5)8-6-7-8/h8H,6-7H2,1-5H3. The van der Waals surface area contributed by atoms with E-state index in [1.54, 1.807) is 0 Å². The van der Waals surface area contributed by atoms with E-state index in [1.165, 1.54) is 12.8 Å². The third kappa shape index (κ3) is 1.21. The molecular weight excluding hydrogens is 120 g/mol. The first-order valence-corrected chi connectivity index (χ1v) is 4.36. The van der Waals surface area contributed by atoms with Gasteiger partial charge < -0.3 is 0 Å². The fraction of sp³-hybridized carbons (Fsp3) is 1.00. The molecular formula is C10H20. The Balaban J connectivity index is 2.66. The molecule has 10 heavy (non-hydrogen) atoms. The quantitative estimate of drug-likeness (QED) is 0.523. The van der Waals surface area contributed by atoms with E-state index in [1.807, 2.05) is 0 Å². The zero-order valence-electron chi connectivity index (χ0n) is 7.99. The zero-order valence-corrected chi connectivity index (χ0v) is 7.99. The van der Waals surface area contributed by atoms with Crippen molar-refractivity contribution in [2.24, 2.45) is 16.7 Å². The summed E-state index contributed by atoms with van der Waals surface area (Å²) in [6, 6.07) is 0. The van der Waals surface area contributed by atoms with Crippen LogP contribution in [0, 0.1) is 16.7 Å². The van der Waals surface area contributed by atoms with E-state index in [-0.39, 0.29) is 0 Å². The van der Waals surface area contributed by atoms with E-state index in [0.717, 1.165) is 5.92 Å². The molecule has 0 heteroatoms. The Hall–Kier alpha value is 0. The van der Waals surface area contributed by atoms with Gasteiger partial charge in [-0.3, -0.25) is 0 Å². The van der Waals surface area contributed by atoms with Crippen molar-refractivity contribution < 1.29 is 0 Å². The minimum absolute atomic E-state index is 0.480. The SMILES string of the molecule is CC(C)(C)C(C)(C)C1CC1. The van der Waals surface area contributed by atoms with Crippen molar-refractivity contribution in [3.8, 4) is 0 Å². The van der Waals surface area contributed by atoms with E-state index >= 15 is 0 Å². The van der Waals surface area contributed by atoms with Crippen LogP contribution in [-0.4, -0.2) is 0 Å². The summed E-state index contributed by atoms with van der Waals surface area (Å²) in [6.45, 7) is 11.9. The highest BCUT2D eigenvalue weighted by molar-refractivity contribution is 4.94. The monoisotopic (exact) mass is 140 g/mol. The molecule has 1 aliphatic carbocycles. The molecule has 0 amide bonds. The molecule has 0 saturated heterocycles. The third-order valence-corrected chi connectivity index (χ3v) is 3.53. The molecule has 60 valence electrons. The second-order valence-electron chi connectivity index (χ2n) is 5.25. The molecule has 0 aliphatic heterocycles. The van der Waals surface area contributed by atoms with Gasteiger partial charge in [0.15, 0.2) is 0 Å². The van der Waals surface area contributed by atoms with Gasteiger partial charge in [0.05, 0.1) is 0 Å². The Morgan fingerprint density at radius 3 is 1.40 bits per heavy atom. The van der Waals surface area contributed by atoms with Crippen molar-refractivity contribution in [3.05, 3.63) is 0 Å². The van der Waals surface area contributed by atoms with Gasteiger partial charge in [0.1, 0.15) is 0 Å². The summed E-state index contributed by atoms with van der Waals surface area (Å²) in [5.74, 6) is 1.01. The maximum absolute atomic E-state index is 2.41. The second kappa shape index (κ2) is 1.99. The number of hydrogen-bond acceptors (Lipinski definition) is 0. The maximum atomic E-state index is 2.41. The van der Waals surface area contributed by atoms with E-state index in [4.69, 9.17) is 0 Å². The minimum Gasteiger partial charge on any atom is -0.0597 e. The van der Waals surface area contributed by atoms with Crippen LogP contribution in [0.3, 0.4) is 0 Å². The van der Waals surface area contributed by atoms with Gasteiger partial charge in [0.2, 0.25) is 0 Å². The molecule has 0 nitrogen and oxygen atoms in total. The van der Waals surface area contributed by atoms with Crippen LogP contribution in [0.2, 0.25) is 0 Å². The van der Waals surface area contributed by atoms with Gasteiger partial charge in [-0.25, -0.2) is 0 Å². The lowest BCUT2D eigenvalue weighted by Crippen LogP contribution is -2.31. The highest BCUT2D eigenvalue weighted by atomic mass is 14.5. The average Bonchev–Trinajstić information content (AvgIpc) is 2.38. The van der Waals surface area contributed by atoms with Crippen LogP contribution in [0.4, 0.5) is 0 Å². The summed E-state index contributed by atoms with van der Waals surface area (Å²) < 4.78 is 0. The summed E-state index contributed by atoms with van der Waals surface area (Å²) in [6.07, 6.45) is 2.93. The summed E-state index contributed by atoms with van der Waals surface area (Å²) in [5, 5.41) is 0. The normalized spacial score (nSPS) is 21.3. The van der Waals surface area contributed by atoms with Crippen LogP contribution >= 0.6 is 0 Å². The predicted molar refractivity (Wildman–Crippen MR) is 46.0 cm³/mol. The molecule has 1 aliphatic rings. The van der Waals surface area contributed by atoms with E-state index in [9.17, 15) is 0 Å². The van der Waals surface area contributed by atoms with E-state index in [0.29, 0.717) is 10.8 Å². The Morgan fingerprint density at radius 1 is 0.900 bits per heavy atom. The van der Waals surface area contributed by atoms with Gasteiger partial charge >= 0.3 is 0 Å². The molecule has 0 radical (unpaired) electrons. The molecule has 0 unspecified atom stereocenters. The zero-order chi connectivity index (χ0) is 7.99. The molecule has 0 aromatic carbocycles. The molecule has 1 fully saturated rings. The lowest BCUT2D eigenvalue weighted by molar-refractivity contribution is 0.103. The molecule has 0 aromatic rings. The molecule has 0 N–H and O–H groups in total. The van der Waals surface area contributed by atoms with Crippen LogP contribution in [0.5, 0.6) is 0 Å². The number of hydrogen-bond donors (Lipinski definition) is 0. The summed E-state index contributed by atoms with van der Waals surface area (Å²) in [5.41, 5.74) is 1.03. The van der Waals surface area contributed by atoms with E-state index < -0.39 is 0 Å². The summed E-state index contributed by atoms with van der Waals surface area (Å²) in [4.78, 5) is 0. The topological polar surface area (TPSA) is 0 Å². The Morgan fingerprint density at radius 2 is 1.30 bits per heavy atom. The molecule has 0 atom stereocenters. The minimum atomic E-state index is 0.480. The predicted octanol–water partition coefficient (Wildman–Crippen LogP) is 3.47. The van der Waals surface area contributed by atoms with Gasteiger partial charge in [-0.1, -0.05) is 34.6 Å².